The summed E-state index contributed by atoms with van der Waals surface area (Å²) in [5.74, 6) is 0.665. The Balaban J connectivity index is 1.30. The summed E-state index contributed by atoms with van der Waals surface area (Å²) in [6, 6.07) is 9.38. The van der Waals surface area contributed by atoms with E-state index in [4.69, 9.17) is 18.5 Å². The fourth-order valence-corrected chi connectivity index (χ4v) is 7.03. The molecule has 222 valence electrons. The number of alkyl carbamates (subject to hydrolysis) is 1. The molecule has 41 heavy (non-hydrogen) atoms. The summed E-state index contributed by atoms with van der Waals surface area (Å²) >= 11 is 0. The van der Waals surface area contributed by atoms with Crippen molar-refractivity contribution in [2.45, 2.75) is 103 Å². The van der Waals surface area contributed by atoms with Crippen LogP contribution in [0.2, 0.25) is 0 Å². The van der Waals surface area contributed by atoms with Crippen LogP contribution in [-0.4, -0.2) is 54.4 Å². The molecule has 3 aliphatic carbocycles. The van der Waals surface area contributed by atoms with E-state index in [2.05, 4.69) is 48.5 Å². The first-order valence-electron chi connectivity index (χ1n) is 15.2. The Bertz CT molecular complexity index is 1160. The van der Waals surface area contributed by atoms with Crippen LogP contribution in [0, 0.1) is 17.3 Å². The topological polar surface area (TPSA) is 112 Å². The van der Waals surface area contributed by atoms with Crippen molar-refractivity contribution in [2.75, 3.05) is 6.61 Å². The minimum atomic E-state index is -0.926. The molecule has 6 atom stereocenters. The lowest BCUT2D eigenvalue weighted by Gasteiger charge is -2.64. The van der Waals surface area contributed by atoms with E-state index >= 15 is 0 Å². The van der Waals surface area contributed by atoms with Crippen LogP contribution in [-0.2, 0) is 31.7 Å². The first kappa shape index (κ1) is 29.6. The zero-order chi connectivity index (χ0) is 29.0. The molecule has 1 unspecified atom stereocenters. The molecule has 0 radical (unpaired) electrons. The maximum atomic E-state index is 13.7. The highest BCUT2D eigenvalue weighted by Crippen LogP contribution is 2.65. The SMILES string of the molecule is CCCCOC(=O)NC(Cc1ncco1)C(=O)N[C@@H](CCCc1ccccc1)B1O[C@@H]2C[C@@H]3C[C@@H](C3(C)C)[C@]2(C)O1. The number of aromatic nitrogens is 1. The average molecular weight is 566 g/mol. The number of carbonyl (C=O) groups excluding carboxylic acids is 2. The molecule has 9 nitrogen and oxygen atoms in total. The van der Waals surface area contributed by atoms with Gasteiger partial charge in [0.1, 0.15) is 12.3 Å². The molecule has 6 rings (SSSR count). The normalized spacial score (nSPS) is 27.3. The molecular formula is C31H44BN3O6. The van der Waals surface area contributed by atoms with E-state index in [0.717, 1.165) is 38.5 Å². The maximum absolute atomic E-state index is 13.7. The van der Waals surface area contributed by atoms with Crippen molar-refractivity contribution in [1.29, 1.82) is 0 Å². The van der Waals surface area contributed by atoms with Crippen LogP contribution in [0.5, 0.6) is 0 Å². The third-order valence-electron chi connectivity index (χ3n) is 9.65. The third kappa shape index (κ3) is 6.48. The van der Waals surface area contributed by atoms with Crippen molar-refractivity contribution in [2.24, 2.45) is 17.3 Å². The third-order valence-corrected chi connectivity index (χ3v) is 9.65. The summed E-state index contributed by atoms with van der Waals surface area (Å²) in [4.78, 5) is 30.4. The van der Waals surface area contributed by atoms with E-state index < -0.39 is 19.3 Å². The lowest BCUT2D eigenvalue weighted by atomic mass is 9.43. The van der Waals surface area contributed by atoms with Crippen LogP contribution < -0.4 is 10.6 Å². The van der Waals surface area contributed by atoms with Crippen LogP contribution in [0.3, 0.4) is 0 Å². The van der Waals surface area contributed by atoms with Crippen molar-refractivity contribution in [3.63, 3.8) is 0 Å². The highest BCUT2D eigenvalue weighted by Gasteiger charge is 2.68. The van der Waals surface area contributed by atoms with Gasteiger partial charge >= 0.3 is 13.2 Å². The van der Waals surface area contributed by atoms with Crippen LogP contribution in [0.1, 0.15) is 77.7 Å². The highest BCUT2D eigenvalue weighted by atomic mass is 16.7. The molecule has 1 aromatic carbocycles. The van der Waals surface area contributed by atoms with E-state index in [0.29, 0.717) is 30.8 Å². The molecule has 3 saturated carbocycles. The lowest BCUT2D eigenvalue weighted by Crippen LogP contribution is -2.65. The molecule has 2 aromatic rings. The van der Waals surface area contributed by atoms with Crippen molar-refractivity contribution in [3.05, 3.63) is 54.2 Å². The van der Waals surface area contributed by atoms with Gasteiger partial charge in [-0.1, -0.05) is 57.5 Å². The molecule has 2 amide bonds. The van der Waals surface area contributed by atoms with Gasteiger partial charge in [0.15, 0.2) is 5.89 Å². The van der Waals surface area contributed by atoms with Gasteiger partial charge < -0.3 is 29.1 Å². The summed E-state index contributed by atoms with van der Waals surface area (Å²) in [7, 11) is -0.571. The first-order valence-corrected chi connectivity index (χ1v) is 15.2. The lowest BCUT2D eigenvalue weighted by molar-refractivity contribution is -0.199. The number of hydrogen-bond acceptors (Lipinski definition) is 7. The van der Waals surface area contributed by atoms with Gasteiger partial charge in [0, 0.05) is 0 Å². The zero-order valence-corrected chi connectivity index (χ0v) is 24.8. The number of ether oxygens (including phenoxy) is 1. The van der Waals surface area contributed by atoms with E-state index in [1.165, 1.54) is 18.0 Å². The van der Waals surface area contributed by atoms with E-state index in [1.807, 2.05) is 25.1 Å². The van der Waals surface area contributed by atoms with Gasteiger partial charge in [-0.05, 0) is 68.3 Å². The predicted octanol–water partition coefficient (Wildman–Crippen LogP) is 4.89. The Morgan fingerprint density at radius 1 is 1.15 bits per heavy atom. The Kier molecular flexibility index (Phi) is 9.09. The zero-order valence-electron chi connectivity index (χ0n) is 24.8. The van der Waals surface area contributed by atoms with Crippen molar-refractivity contribution < 1.29 is 28.1 Å². The van der Waals surface area contributed by atoms with Crippen molar-refractivity contribution >= 4 is 19.1 Å². The van der Waals surface area contributed by atoms with E-state index in [1.54, 1.807) is 0 Å². The van der Waals surface area contributed by atoms with Crippen molar-refractivity contribution in [3.8, 4) is 0 Å². The number of oxazole rings is 1. The second kappa shape index (κ2) is 12.6. The Hall–Kier alpha value is -2.85. The number of unbranched alkanes of at least 4 members (excludes halogenated alkanes) is 1. The molecule has 1 aliphatic heterocycles. The average Bonchev–Trinajstić information content (AvgIpc) is 3.59. The van der Waals surface area contributed by atoms with Crippen LogP contribution in [0.4, 0.5) is 4.79 Å². The monoisotopic (exact) mass is 565 g/mol. The first-order chi connectivity index (χ1) is 19.7. The molecule has 0 spiro atoms. The van der Waals surface area contributed by atoms with Gasteiger partial charge in [-0.3, -0.25) is 4.79 Å². The van der Waals surface area contributed by atoms with Crippen LogP contribution in [0.15, 0.2) is 47.2 Å². The summed E-state index contributed by atoms with van der Waals surface area (Å²) in [6.45, 7) is 9.16. The highest BCUT2D eigenvalue weighted by molar-refractivity contribution is 6.47. The number of carbonyl (C=O) groups is 2. The van der Waals surface area contributed by atoms with Gasteiger partial charge in [-0.25, -0.2) is 9.78 Å². The largest absolute Gasteiger partial charge is 0.481 e. The molecule has 10 heteroatoms. The summed E-state index contributed by atoms with van der Waals surface area (Å²) in [5, 5.41) is 5.90. The molecule has 1 aromatic heterocycles. The van der Waals surface area contributed by atoms with Gasteiger partial charge in [0.2, 0.25) is 5.91 Å². The molecule has 2 heterocycles. The van der Waals surface area contributed by atoms with Crippen molar-refractivity contribution in [1.82, 2.24) is 15.6 Å². The Morgan fingerprint density at radius 3 is 2.66 bits per heavy atom. The number of nitrogens with one attached hydrogen (secondary N) is 2. The summed E-state index contributed by atoms with van der Waals surface area (Å²) < 4.78 is 24.0. The quantitative estimate of drug-likeness (QED) is 0.263. The number of hydrogen-bond donors (Lipinski definition) is 2. The Morgan fingerprint density at radius 2 is 1.95 bits per heavy atom. The van der Waals surface area contributed by atoms with E-state index in [9.17, 15) is 9.59 Å². The molecule has 4 aliphatic rings. The van der Waals surface area contributed by atoms with E-state index in [-0.39, 0.29) is 35.4 Å². The summed E-state index contributed by atoms with van der Waals surface area (Å²) in [6.07, 6.45) is 8.60. The molecule has 4 fully saturated rings. The van der Waals surface area contributed by atoms with Gasteiger partial charge in [-0.2, -0.15) is 0 Å². The second-order valence-corrected chi connectivity index (χ2v) is 12.6. The molecular weight excluding hydrogens is 521 g/mol. The second-order valence-electron chi connectivity index (χ2n) is 12.6. The molecule has 2 bridgehead atoms. The number of nitrogens with zero attached hydrogens (tertiary/aromatic N) is 1. The van der Waals surface area contributed by atoms with Crippen LogP contribution >= 0.6 is 0 Å². The number of aryl methyl sites for hydroxylation is 1. The standard InChI is InChI=1S/C31H44BN3O6/c1-5-6-16-39-29(37)34-23(20-27-33-15-17-38-27)28(36)35-26(14-10-13-21-11-8-7-9-12-21)32-40-25-19-22-18-24(30(22,2)3)31(25,4)41-32/h7-9,11-12,15,17,22-26H,5-6,10,13-14,16,18-20H2,1-4H3,(H,34,37)(H,35,36)/t22-,23?,24-,25+,26-,31-/m0/s1. The molecule has 2 N–H and O–H groups in total. The molecule has 1 saturated heterocycles. The van der Waals surface area contributed by atoms with Gasteiger partial charge in [-0.15, -0.1) is 0 Å². The van der Waals surface area contributed by atoms with Gasteiger partial charge in [0.25, 0.3) is 0 Å². The maximum Gasteiger partial charge on any atom is 0.481 e. The predicted molar refractivity (Wildman–Crippen MR) is 155 cm³/mol. The fourth-order valence-electron chi connectivity index (χ4n) is 7.03. The number of rotatable bonds is 13. The van der Waals surface area contributed by atoms with Gasteiger partial charge in [0.05, 0.1) is 36.9 Å². The smallest absolute Gasteiger partial charge is 0.450 e. The van der Waals surface area contributed by atoms with Crippen LogP contribution in [0.25, 0.3) is 0 Å². The minimum Gasteiger partial charge on any atom is -0.450 e. The summed E-state index contributed by atoms with van der Waals surface area (Å²) in [5.41, 5.74) is 1.08. The Labute approximate surface area is 243 Å². The fraction of sp³-hybridized carbons (Fsp3) is 0.645. The number of amides is 2. The minimum absolute atomic E-state index is 0.00702. The number of benzene rings is 1.